The van der Waals surface area contributed by atoms with Crippen molar-refractivity contribution in [3.05, 3.63) is 22.8 Å². The number of carbonyl (C=O) groups is 1. The van der Waals surface area contributed by atoms with Crippen molar-refractivity contribution < 1.29 is 14.3 Å². The number of nitrogen functional groups attached to an aromatic ring is 1. The van der Waals surface area contributed by atoms with Crippen LogP contribution in [-0.2, 0) is 9.47 Å². The number of aromatic nitrogens is 1. The van der Waals surface area contributed by atoms with Gasteiger partial charge in [-0.3, -0.25) is 4.79 Å². The number of carbonyl (C=O) groups excluding carboxylic acids is 1. The Labute approximate surface area is 115 Å². The Balaban J connectivity index is 1.95. The molecule has 1 aliphatic heterocycles. The zero-order valence-corrected chi connectivity index (χ0v) is 10.9. The van der Waals surface area contributed by atoms with Gasteiger partial charge in [0.1, 0.15) is 11.5 Å². The molecule has 0 saturated carbocycles. The summed E-state index contributed by atoms with van der Waals surface area (Å²) in [6, 6.07) is 3.14. The van der Waals surface area contributed by atoms with Crippen molar-refractivity contribution in [3.8, 4) is 0 Å². The molecule has 19 heavy (non-hydrogen) atoms. The Morgan fingerprint density at radius 3 is 3.05 bits per heavy atom. The van der Waals surface area contributed by atoms with Crippen molar-refractivity contribution in [2.45, 2.75) is 6.10 Å². The SMILES string of the molecule is NNc1ccc(Cl)c(C(=O)NCC2COCCO2)n1. The van der Waals surface area contributed by atoms with Gasteiger partial charge in [-0.1, -0.05) is 11.6 Å². The molecule has 4 N–H and O–H groups in total. The molecule has 2 rings (SSSR count). The normalized spacial score (nSPS) is 18.9. The maximum absolute atomic E-state index is 12.0. The van der Waals surface area contributed by atoms with Gasteiger partial charge in [-0.15, -0.1) is 0 Å². The van der Waals surface area contributed by atoms with Crippen LogP contribution in [0.5, 0.6) is 0 Å². The molecule has 0 bridgehead atoms. The number of nitrogens with one attached hydrogen (secondary N) is 2. The van der Waals surface area contributed by atoms with Crippen molar-refractivity contribution in [2.24, 2.45) is 5.84 Å². The minimum atomic E-state index is -0.378. The fourth-order valence-electron chi connectivity index (χ4n) is 1.63. The zero-order chi connectivity index (χ0) is 13.7. The van der Waals surface area contributed by atoms with Gasteiger partial charge in [-0.25, -0.2) is 10.8 Å². The Hall–Kier alpha value is -1.41. The summed E-state index contributed by atoms with van der Waals surface area (Å²) in [6.45, 7) is 1.93. The monoisotopic (exact) mass is 286 g/mol. The van der Waals surface area contributed by atoms with E-state index in [9.17, 15) is 4.79 Å². The number of rotatable bonds is 4. The molecule has 1 saturated heterocycles. The van der Waals surface area contributed by atoms with Crippen molar-refractivity contribution in [3.63, 3.8) is 0 Å². The lowest BCUT2D eigenvalue weighted by atomic mass is 10.3. The summed E-state index contributed by atoms with van der Waals surface area (Å²) in [5.41, 5.74) is 2.48. The number of ether oxygens (including phenoxy) is 2. The van der Waals surface area contributed by atoms with E-state index in [0.29, 0.717) is 32.2 Å². The molecular weight excluding hydrogens is 272 g/mol. The number of pyridine rings is 1. The van der Waals surface area contributed by atoms with Crippen LogP contribution in [0.1, 0.15) is 10.5 Å². The number of nitrogens with zero attached hydrogens (tertiary/aromatic N) is 1. The number of nitrogens with two attached hydrogens (primary N) is 1. The highest BCUT2D eigenvalue weighted by atomic mass is 35.5. The summed E-state index contributed by atoms with van der Waals surface area (Å²) in [5.74, 6) is 5.22. The van der Waals surface area contributed by atoms with Crippen LogP contribution < -0.4 is 16.6 Å². The largest absolute Gasteiger partial charge is 0.376 e. The van der Waals surface area contributed by atoms with E-state index in [2.05, 4.69) is 15.7 Å². The Morgan fingerprint density at radius 2 is 2.37 bits per heavy atom. The van der Waals surface area contributed by atoms with Crippen LogP contribution in [0, 0.1) is 0 Å². The summed E-state index contributed by atoms with van der Waals surface area (Å²) < 4.78 is 10.6. The van der Waals surface area contributed by atoms with Gasteiger partial charge >= 0.3 is 0 Å². The number of hydrazine groups is 1. The summed E-state index contributed by atoms with van der Waals surface area (Å²) >= 11 is 5.92. The van der Waals surface area contributed by atoms with Gasteiger partial charge in [0.25, 0.3) is 5.91 Å². The van der Waals surface area contributed by atoms with Crippen molar-refractivity contribution in [1.82, 2.24) is 10.3 Å². The Bertz CT molecular complexity index is 452. The van der Waals surface area contributed by atoms with E-state index in [1.54, 1.807) is 12.1 Å². The first-order valence-corrected chi connectivity index (χ1v) is 6.19. The number of halogens is 1. The van der Waals surface area contributed by atoms with E-state index in [4.69, 9.17) is 26.9 Å². The standard InChI is InChI=1S/C11H15ClN4O3/c12-8-1-2-9(16-13)15-10(8)11(17)14-5-7-6-18-3-4-19-7/h1-2,7H,3-6,13H2,(H,14,17)(H,15,16). The molecule has 1 amide bonds. The number of hydrogen-bond donors (Lipinski definition) is 3. The zero-order valence-electron chi connectivity index (χ0n) is 10.2. The van der Waals surface area contributed by atoms with E-state index in [0.717, 1.165) is 0 Å². The van der Waals surface area contributed by atoms with E-state index in [1.165, 1.54) is 0 Å². The van der Waals surface area contributed by atoms with Crippen molar-refractivity contribution in [2.75, 3.05) is 31.8 Å². The Morgan fingerprint density at radius 1 is 1.53 bits per heavy atom. The lowest BCUT2D eigenvalue weighted by molar-refractivity contribution is -0.0855. The van der Waals surface area contributed by atoms with Gasteiger partial charge in [0, 0.05) is 6.54 Å². The molecule has 0 aromatic carbocycles. The third-order valence-corrected chi connectivity index (χ3v) is 2.89. The third kappa shape index (κ3) is 3.77. The van der Waals surface area contributed by atoms with Crippen LogP contribution in [0.4, 0.5) is 5.82 Å². The van der Waals surface area contributed by atoms with Crippen LogP contribution in [0.2, 0.25) is 5.02 Å². The van der Waals surface area contributed by atoms with Gasteiger partial charge in [0.2, 0.25) is 0 Å². The number of anilines is 1. The average Bonchev–Trinajstić information content (AvgIpc) is 2.46. The van der Waals surface area contributed by atoms with Crippen LogP contribution in [-0.4, -0.2) is 43.4 Å². The molecule has 0 aliphatic carbocycles. The highest BCUT2D eigenvalue weighted by Gasteiger charge is 2.18. The second kappa shape index (κ2) is 6.67. The summed E-state index contributed by atoms with van der Waals surface area (Å²) in [7, 11) is 0. The molecule has 1 fully saturated rings. The van der Waals surface area contributed by atoms with Crippen LogP contribution >= 0.6 is 11.6 Å². The lowest BCUT2D eigenvalue weighted by Gasteiger charge is -2.23. The molecule has 1 aliphatic rings. The van der Waals surface area contributed by atoms with Crippen LogP contribution in [0.3, 0.4) is 0 Å². The maximum atomic E-state index is 12.0. The predicted molar refractivity (Wildman–Crippen MR) is 69.9 cm³/mol. The molecule has 1 atom stereocenters. The Kier molecular flexibility index (Phi) is 4.92. The fraction of sp³-hybridized carbons (Fsp3) is 0.455. The fourth-order valence-corrected chi connectivity index (χ4v) is 1.82. The highest BCUT2D eigenvalue weighted by molar-refractivity contribution is 6.33. The smallest absolute Gasteiger partial charge is 0.271 e. The second-order valence-electron chi connectivity index (χ2n) is 3.95. The summed E-state index contributed by atoms with van der Waals surface area (Å²) in [5, 5.41) is 2.96. The van der Waals surface area contributed by atoms with Crippen LogP contribution in [0.15, 0.2) is 12.1 Å². The van der Waals surface area contributed by atoms with Crippen molar-refractivity contribution in [1.29, 1.82) is 0 Å². The molecule has 1 aromatic rings. The summed E-state index contributed by atoms with van der Waals surface area (Å²) in [4.78, 5) is 16.0. The highest BCUT2D eigenvalue weighted by Crippen LogP contribution is 2.16. The van der Waals surface area contributed by atoms with Gasteiger partial charge < -0.3 is 20.2 Å². The van der Waals surface area contributed by atoms with Gasteiger partial charge in [-0.2, -0.15) is 0 Å². The first kappa shape index (κ1) is 14.0. The first-order chi connectivity index (χ1) is 9.20. The molecule has 1 unspecified atom stereocenters. The summed E-state index contributed by atoms with van der Waals surface area (Å²) in [6.07, 6.45) is -0.146. The van der Waals surface area contributed by atoms with Gasteiger partial charge in [-0.05, 0) is 12.1 Å². The topological polar surface area (TPSA) is 98.5 Å². The van der Waals surface area contributed by atoms with E-state index in [1.807, 2.05) is 0 Å². The van der Waals surface area contributed by atoms with E-state index < -0.39 is 0 Å². The average molecular weight is 287 g/mol. The molecule has 7 nitrogen and oxygen atoms in total. The molecule has 1 aromatic heterocycles. The minimum absolute atomic E-state index is 0.119. The molecule has 0 radical (unpaired) electrons. The number of amides is 1. The molecule has 2 heterocycles. The third-order valence-electron chi connectivity index (χ3n) is 2.58. The molecule has 0 spiro atoms. The quantitative estimate of drug-likeness (QED) is 0.539. The number of hydrogen-bond acceptors (Lipinski definition) is 6. The maximum Gasteiger partial charge on any atom is 0.271 e. The first-order valence-electron chi connectivity index (χ1n) is 5.81. The minimum Gasteiger partial charge on any atom is -0.376 e. The second-order valence-corrected chi connectivity index (χ2v) is 4.36. The van der Waals surface area contributed by atoms with Crippen molar-refractivity contribution >= 4 is 23.3 Å². The predicted octanol–water partition coefficient (Wildman–Crippen LogP) is 0.166. The molecular formula is C11H15ClN4O3. The van der Waals surface area contributed by atoms with E-state index in [-0.39, 0.29) is 22.7 Å². The molecule has 8 heteroatoms. The lowest BCUT2D eigenvalue weighted by Crippen LogP contribution is -2.40. The van der Waals surface area contributed by atoms with Gasteiger partial charge in [0.05, 0.1) is 30.9 Å². The van der Waals surface area contributed by atoms with Gasteiger partial charge in [0.15, 0.2) is 0 Å². The van der Waals surface area contributed by atoms with E-state index >= 15 is 0 Å². The molecule has 104 valence electrons. The van der Waals surface area contributed by atoms with Crippen LogP contribution in [0.25, 0.3) is 0 Å².